The number of nitrogens with one attached hydrogen (secondary N) is 1. The van der Waals surface area contributed by atoms with Crippen molar-refractivity contribution in [3.05, 3.63) is 64.5 Å². The van der Waals surface area contributed by atoms with Gasteiger partial charge >= 0.3 is 6.61 Å². The summed E-state index contributed by atoms with van der Waals surface area (Å²) >= 11 is 3.27. The highest BCUT2D eigenvalue weighted by Gasteiger charge is 2.12. The fourth-order valence-electron chi connectivity index (χ4n) is 2.23. The lowest BCUT2D eigenvalue weighted by Gasteiger charge is -2.12. The van der Waals surface area contributed by atoms with Crippen molar-refractivity contribution in [3.63, 3.8) is 0 Å². The number of halogens is 3. The predicted octanol–water partition coefficient (Wildman–Crippen LogP) is 3.63. The van der Waals surface area contributed by atoms with Gasteiger partial charge in [0.15, 0.2) is 0 Å². The van der Waals surface area contributed by atoms with Crippen LogP contribution in [-0.2, 0) is 6.54 Å². The molecule has 0 saturated heterocycles. The monoisotopic (exact) mass is 395 g/mol. The molecule has 3 rings (SSSR count). The smallest absolute Gasteiger partial charge is 0.387 e. The highest BCUT2D eigenvalue weighted by molar-refractivity contribution is 9.10. The number of pyridine rings is 1. The van der Waals surface area contributed by atoms with Gasteiger partial charge in [0.1, 0.15) is 11.4 Å². The van der Waals surface area contributed by atoms with Crippen molar-refractivity contribution in [2.24, 2.45) is 0 Å². The van der Waals surface area contributed by atoms with Gasteiger partial charge in [-0.15, -0.1) is 0 Å². The SMILES string of the molecule is O=C(NCc1cc(Br)ccc1OC(F)F)c1ccc2nccn2c1. The first-order chi connectivity index (χ1) is 11.5. The third-order valence-electron chi connectivity index (χ3n) is 3.33. The Kier molecular flexibility index (Phi) is 4.75. The first kappa shape index (κ1) is 16.4. The van der Waals surface area contributed by atoms with Gasteiger partial charge in [-0.05, 0) is 30.3 Å². The second-order valence-electron chi connectivity index (χ2n) is 4.92. The maximum atomic E-state index is 12.5. The van der Waals surface area contributed by atoms with E-state index in [9.17, 15) is 13.6 Å². The maximum Gasteiger partial charge on any atom is 0.387 e. The Morgan fingerprint density at radius 1 is 1.33 bits per heavy atom. The summed E-state index contributed by atoms with van der Waals surface area (Å²) in [7, 11) is 0. The second kappa shape index (κ2) is 6.96. The van der Waals surface area contributed by atoms with Crippen molar-refractivity contribution in [2.45, 2.75) is 13.2 Å². The Morgan fingerprint density at radius 3 is 2.96 bits per heavy atom. The van der Waals surface area contributed by atoms with Crippen molar-refractivity contribution in [1.82, 2.24) is 14.7 Å². The molecule has 2 aromatic heterocycles. The largest absolute Gasteiger partial charge is 0.434 e. The number of fused-ring (bicyclic) bond motifs is 1. The number of carbonyl (C=O) groups is 1. The van der Waals surface area contributed by atoms with E-state index in [-0.39, 0.29) is 18.2 Å². The fourth-order valence-corrected chi connectivity index (χ4v) is 2.64. The van der Waals surface area contributed by atoms with E-state index in [4.69, 9.17) is 0 Å². The van der Waals surface area contributed by atoms with Crippen LogP contribution in [0.5, 0.6) is 5.75 Å². The molecular formula is C16H12BrF2N3O2. The van der Waals surface area contributed by atoms with Crippen LogP contribution >= 0.6 is 15.9 Å². The number of ether oxygens (including phenoxy) is 1. The first-order valence-corrected chi connectivity index (χ1v) is 7.76. The van der Waals surface area contributed by atoms with E-state index in [2.05, 4.69) is 31.0 Å². The summed E-state index contributed by atoms with van der Waals surface area (Å²) in [4.78, 5) is 16.4. The summed E-state index contributed by atoms with van der Waals surface area (Å²) < 4.78 is 31.8. The Labute approximate surface area is 144 Å². The quantitative estimate of drug-likeness (QED) is 0.717. The molecule has 8 heteroatoms. The molecule has 3 aromatic rings. The lowest BCUT2D eigenvalue weighted by Crippen LogP contribution is -2.23. The number of carbonyl (C=O) groups excluding carboxylic acids is 1. The molecular weight excluding hydrogens is 384 g/mol. The number of imidazole rings is 1. The maximum absolute atomic E-state index is 12.5. The number of alkyl halides is 2. The molecule has 0 unspecified atom stereocenters. The summed E-state index contributed by atoms with van der Waals surface area (Å²) in [5.74, 6) is -0.299. The standard InChI is InChI=1S/C16H12BrF2N3O2/c17-12-2-3-13(24-16(18)19)11(7-12)8-21-15(23)10-1-4-14-20-5-6-22(14)9-10/h1-7,9,16H,8H2,(H,21,23). The Bertz CT molecular complexity index is 883. The molecule has 0 atom stereocenters. The topological polar surface area (TPSA) is 55.6 Å². The van der Waals surface area contributed by atoms with E-state index in [0.717, 1.165) is 5.65 Å². The lowest BCUT2D eigenvalue weighted by molar-refractivity contribution is -0.0504. The Hall–Kier alpha value is -2.48. The lowest BCUT2D eigenvalue weighted by atomic mass is 10.2. The minimum atomic E-state index is -2.93. The van der Waals surface area contributed by atoms with Crippen LogP contribution in [0, 0.1) is 0 Å². The Morgan fingerprint density at radius 2 is 2.17 bits per heavy atom. The molecule has 1 N–H and O–H groups in total. The highest BCUT2D eigenvalue weighted by atomic mass is 79.9. The molecule has 1 aromatic carbocycles. The van der Waals surface area contributed by atoms with Gasteiger partial charge < -0.3 is 14.5 Å². The molecule has 5 nitrogen and oxygen atoms in total. The van der Waals surface area contributed by atoms with Crippen molar-refractivity contribution >= 4 is 27.5 Å². The summed E-state index contributed by atoms with van der Waals surface area (Å²) in [5.41, 5.74) is 1.61. The highest BCUT2D eigenvalue weighted by Crippen LogP contribution is 2.24. The summed E-state index contributed by atoms with van der Waals surface area (Å²) in [6.45, 7) is -2.87. The zero-order chi connectivity index (χ0) is 17.1. The minimum Gasteiger partial charge on any atom is -0.434 e. The number of nitrogens with zero attached hydrogens (tertiary/aromatic N) is 2. The fraction of sp³-hybridized carbons (Fsp3) is 0.125. The van der Waals surface area contributed by atoms with Gasteiger partial charge in [-0.1, -0.05) is 15.9 Å². The molecule has 124 valence electrons. The van der Waals surface area contributed by atoms with Crippen molar-refractivity contribution in [3.8, 4) is 5.75 Å². The first-order valence-electron chi connectivity index (χ1n) is 6.97. The van der Waals surface area contributed by atoms with E-state index >= 15 is 0 Å². The number of hydrogen-bond acceptors (Lipinski definition) is 3. The summed E-state index contributed by atoms with van der Waals surface area (Å²) in [6.07, 6.45) is 5.01. The molecule has 2 heterocycles. The van der Waals surface area contributed by atoms with E-state index in [1.165, 1.54) is 6.07 Å². The van der Waals surface area contributed by atoms with E-state index < -0.39 is 6.61 Å². The molecule has 0 aliphatic rings. The van der Waals surface area contributed by atoms with Crippen LogP contribution in [0.15, 0.2) is 53.4 Å². The van der Waals surface area contributed by atoms with Gasteiger partial charge in [0, 0.05) is 35.2 Å². The Balaban J connectivity index is 1.74. The van der Waals surface area contributed by atoms with Crippen molar-refractivity contribution in [2.75, 3.05) is 0 Å². The zero-order valence-corrected chi connectivity index (χ0v) is 13.8. The van der Waals surface area contributed by atoms with Gasteiger partial charge in [-0.25, -0.2) is 4.98 Å². The average molecular weight is 396 g/mol. The van der Waals surface area contributed by atoms with Gasteiger partial charge in [-0.2, -0.15) is 8.78 Å². The van der Waals surface area contributed by atoms with Gasteiger partial charge in [-0.3, -0.25) is 4.79 Å². The molecule has 0 radical (unpaired) electrons. The van der Waals surface area contributed by atoms with Crippen LogP contribution in [0.25, 0.3) is 5.65 Å². The van der Waals surface area contributed by atoms with Crippen molar-refractivity contribution in [1.29, 1.82) is 0 Å². The van der Waals surface area contributed by atoms with Gasteiger partial charge in [0.05, 0.1) is 5.56 Å². The minimum absolute atomic E-state index is 0.0264. The summed E-state index contributed by atoms with van der Waals surface area (Å²) in [5, 5.41) is 2.69. The predicted molar refractivity (Wildman–Crippen MR) is 87.1 cm³/mol. The average Bonchev–Trinajstić information content (AvgIpc) is 3.02. The van der Waals surface area contributed by atoms with Crippen molar-refractivity contribution < 1.29 is 18.3 Å². The number of aromatic nitrogens is 2. The molecule has 0 fully saturated rings. The number of rotatable bonds is 5. The van der Waals surface area contributed by atoms with E-state index in [1.54, 1.807) is 47.3 Å². The number of benzene rings is 1. The number of amides is 1. The molecule has 1 amide bonds. The van der Waals surface area contributed by atoms with E-state index in [0.29, 0.717) is 15.6 Å². The molecule has 0 aliphatic heterocycles. The van der Waals surface area contributed by atoms with Crippen LogP contribution in [-0.4, -0.2) is 21.9 Å². The van der Waals surface area contributed by atoms with Crippen LogP contribution in [0.2, 0.25) is 0 Å². The van der Waals surface area contributed by atoms with Crippen LogP contribution in [0.1, 0.15) is 15.9 Å². The molecule has 0 bridgehead atoms. The third kappa shape index (κ3) is 3.70. The second-order valence-corrected chi connectivity index (χ2v) is 5.84. The third-order valence-corrected chi connectivity index (χ3v) is 3.82. The van der Waals surface area contributed by atoms with Crippen LogP contribution < -0.4 is 10.1 Å². The van der Waals surface area contributed by atoms with Crippen LogP contribution in [0.3, 0.4) is 0 Å². The summed E-state index contributed by atoms with van der Waals surface area (Å²) in [6, 6.07) is 8.01. The van der Waals surface area contributed by atoms with Crippen LogP contribution in [0.4, 0.5) is 8.78 Å². The van der Waals surface area contributed by atoms with E-state index in [1.807, 2.05) is 0 Å². The molecule has 0 spiro atoms. The number of hydrogen-bond donors (Lipinski definition) is 1. The normalized spacial score (nSPS) is 11.0. The van der Waals surface area contributed by atoms with Gasteiger partial charge in [0.2, 0.25) is 0 Å². The van der Waals surface area contributed by atoms with Gasteiger partial charge in [0.25, 0.3) is 5.91 Å². The molecule has 24 heavy (non-hydrogen) atoms. The molecule has 0 saturated carbocycles. The molecule has 0 aliphatic carbocycles. The zero-order valence-electron chi connectivity index (χ0n) is 12.2.